The monoisotopic (exact) mass is 532 g/mol. The van der Waals surface area contributed by atoms with Gasteiger partial charge < -0.3 is 14.6 Å². The van der Waals surface area contributed by atoms with Crippen LogP contribution in [0.3, 0.4) is 0 Å². The van der Waals surface area contributed by atoms with Crippen LogP contribution in [0.25, 0.3) is 16.6 Å². The predicted molar refractivity (Wildman–Crippen MR) is 139 cm³/mol. The molecule has 184 valence electrons. The van der Waals surface area contributed by atoms with Crippen LogP contribution in [0.1, 0.15) is 24.8 Å². The number of alkyl halides is 1. The maximum atomic E-state index is 11.5. The first-order valence-electron chi connectivity index (χ1n) is 11.5. The molecular weight excluding hydrogens is 507 g/mol. The molecule has 35 heavy (non-hydrogen) atoms. The number of benzene rings is 2. The molecule has 3 aliphatic rings. The van der Waals surface area contributed by atoms with Crippen molar-refractivity contribution in [3.8, 4) is 17.5 Å². The standard InChI is InChI=1S/C25H26Cl2N4O3S/c1-35(32,33)29-15-25-11-18(12-25)22(13-25)30-19-2-3-23-16(8-19)4-6-31(23)20-9-17(14-28)24(21(27)10-20)34-7-5-26/h2-4,6,8-10,18,22,29-30H,5,7,11-13,15H2,1H3. The number of nitrogens with zero attached hydrogens (tertiary/aromatic N) is 2. The van der Waals surface area contributed by atoms with Crippen molar-refractivity contribution in [2.24, 2.45) is 11.3 Å². The number of halogens is 2. The van der Waals surface area contributed by atoms with Crippen LogP contribution in [-0.4, -0.2) is 44.3 Å². The van der Waals surface area contributed by atoms with Crippen LogP contribution in [-0.2, 0) is 10.0 Å². The quantitative estimate of drug-likeness (QED) is 0.382. The van der Waals surface area contributed by atoms with Gasteiger partial charge in [0.2, 0.25) is 10.0 Å². The largest absolute Gasteiger partial charge is 0.489 e. The van der Waals surface area contributed by atoms with Crippen LogP contribution in [0.15, 0.2) is 42.6 Å². The van der Waals surface area contributed by atoms with Crippen LogP contribution in [0.5, 0.6) is 5.75 Å². The molecule has 3 aromatic rings. The molecule has 2 N–H and O–H groups in total. The van der Waals surface area contributed by atoms with E-state index >= 15 is 0 Å². The Morgan fingerprint density at radius 1 is 1.23 bits per heavy atom. The summed E-state index contributed by atoms with van der Waals surface area (Å²) < 4.78 is 33.2. The van der Waals surface area contributed by atoms with Gasteiger partial charge in [-0.05, 0) is 67.0 Å². The molecule has 10 heteroatoms. The number of hydrogen-bond donors (Lipinski definition) is 2. The molecule has 6 rings (SSSR count). The second-order valence-corrected chi connectivity index (χ2v) is 12.2. The Labute approximate surface area is 215 Å². The zero-order chi connectivity index (χ0) is 24.8. The summed E-state index contributed by atoms with van der Waals surface area (Å²) in [6, 6.07) is 14.3. The lowest BCUT2D eigenvalue weighted by Gasteiger charge is -2.38. The summed E-state index contributed by atoms with van der Waals surface area (Å²) >= 11 is 12.1. The summed E-state index contributed by atoms with van der Waals surface area (Å²) in [7, 11) is -3.17. The van der Waals surface area contributed by atoms with Crippen LogP contribution in [0, 0.1) is 22.7 Å². The van der Waals surface area contributed by atoms with Crippen LogP contribution >= 0.6 is 23.2 Å². The average molecular weight is 533 g/mol. The zero-order valence-electron chi connectivity index (χ0n) is 19.2. The lowest BCUT2D eigenvalue weighted by molar-refractivity contribution is 0.148. The van der Waals surface area contributed by atoms with Gasteiger partial charge in [0.1, 0.15) is 12.7 Å². The maximum absolute atomic E-state index is 11.5. The normalized spacial score (nSPS) is 23.1. The molecule has 7 nitrogen and oxygen atoms in total. The van der Waals surface area contributed by atoms with Crippen LogP contribution < -0.4 is 14.8 Å². The number of fused-ring (bicyclic) bond motifs is 2. The van der Waals surface area contributed by atoms with E-state index in [1.807, 2.05) is 16.8 Å². The minimum absolute atomic E-state index is 0.0796. The van der Waals surface area contributed by atoms with Crippen molar-refractivity contribution in [2.45, 2.75) is 25.3 Å². The molecule has 0 amide bonds. The van der Waals surface area contributed by atoms with Gasteiger partial charge in [-0.2, -0.15) is 5.26 Å². The molecule has 0 aliphatic heterocycles. The molecule has 3 saturated carbocycles. The third-order valence-corrected chi connectivity index (χ3v) is 8.22. The topological polar surface area (TPSA) is 96.2 Å². The molecule has 1 unspecified atom stereocenters. The maximum Gasteiger partial charge on any atom is 0.208 e. The Kier molecular flexibility index (Phi) is 6.39. The Morgan fingerprint density at radius 3 is 2.74 bits per heavy atom. The number of sulfonamides is 1. The number of ether oxygens (including phenoxy) is 1. The van der Waals surface area contributed by atoms with Crippen molar-refractivity contribution < 1.29 is 13.2 Å². The lowest BCUT2D eigenvalue weighted by Crippen LogP contribution is -2.40. The van der Waals surface area contributed by atoms with E-state index < -0.39 is 10.0 Å². The minimum Gasteiger partial charge on any atom is -0.489 e. The van der Waals surface area contributed by atoms with Crippen LogP contribution in [0.4, 0.5) is 5.69 Å². The number of nitrogens with one attached hydrogen (secondary N) is 2. The van der Waals surface area contributed by atoms with E-state index in [0.29, 0.717) is 40.7 Å². The number of aromatic nitrogens is 1. The van der Waals surface area contributed by atoms with Gasteiger partial charge in [0.15, 0.2) is 5.75 Å². The molecule has 2 aromatic carbocycles. The lowest BCUT2D eigenvalue weighted by atomic mass is 9.70. The van der Waals surface area contributed by atoms with E-state index in [9.17, 15) is 13.7 Å². The van der Waals surface area contributed by atoms with Gasteiger partial charge in [0.05, 0.1) is 28.2 Å². The van der Waals surface area contributed by atoms with Gasteiger partial charge >= 0.3 is 0 Å². The third-order valence-electron chi connectivity index (χ3n) is 7.11. The molecule has 2 bridgehead atoms. The molecule has 1 atom stereocenters. The summed E-state index contributed by atoms with van der Waals surface area (Å²) in [5, 5.41) is 14.7. The first-order chi connectivity index (χ1) is 16.7. The Balaban J connectivity index is 1.34. The Morgan fingerprint density at radius 2 is 2.03 bits per heavy atom. The van der Waals surface area contributed by atoms with Gasteiger partial charge in [0.25, 0.3) is 0 Å². The molecule has 1 heterocycles. The molecule has 0 radical (unpaired) electrons. The smallest absolute Gasteiger partial charge is 0.208 e. The van der Waals surface area contributed by atoms with E-state index in [1.165, 1.54) is 6.26 Å². The van der Waals surface area contributed by atoms with Gasteiger partial charge in [0, 0.05) is 35.5 Å². The molecule has 0 saturated heterocycles. The minimum atomic E-state index is -3.17. The van der Waals surface area contributed by atoms with Crippen molar-refractivity contribution in [1.82, 2.24) is 9.29 Å². The molecular formula is C25H26Cl2N4O3S. The molecule has 0 spiro atoms. The number of anilines is 1. The van der Waals surface area contributed by atoms with Gasteiger partial charge in [-0.3, -0.25) is 0 Å². The van der Waals surface area contributed by atoms with Crippen molar-refractivity contribution in [3.05, 3.63) is 53.2 Å². The fraction of sp³-hybridized carbons (Fsp3) is 0.400. The SMILES string of the molecule is CS(=O)(=O)NCC12CC(C1)C(Nc1ccc3c(ccn3-c3cc(Cl)c(OCCCl)c(C#N)c3)c1)C2. The third kappa shape index (κ3) is 4.83. The highest BCUT2D eigenvalue weighted by Gasteiger charge is 2.55. The zero-order valence-corrected chi connectivity index (χ0v) is 21.6. The van der Waals surface area contributed by atoms with E-state index in [-0.39, 0.29) is 12.0 Å². The fourth-order valence-corrected chi connectivity index (χ4v) is 6.48. The molecule has 3 aliphatic carbocycles. The first kappa shape index (κ1) is 24.3. The Hall–Kier alpha value is -2.44. The summed E-state index contributed by atoms with van der Waals surface area (Å²) in [4.78, 5) is 0. The van der Waals surface area contributed by atoms with Crippen molar-refractivity contribution >= 4 is 49.8 Å². The van der Waals surface area contributed by atoms with E-state index in [1.54, 1.807) is 12.1 Å². The van der Waals surface area contributed by atoms with E-state index in [4.69, 9.17) is 27.9 Å². The van der Waals surface area contributed by atoms with E-state index in [0.717, 1.165) is 41.5 Å². The summed E-state index contributed by atoms with van der Waals surface area (Å²) in [5.41, 5.74) is 3.25. The summed E-state index contributed by atoms with van der Waals surface area (Å²) in [5.74, 6) is 1.23. The number of nitriles is 1. The number of hydrogen-bond acceptors (Lipinski definition) is 5. The van der Waals surface area contributed by atoms with Crippen molar-refractivity contribution in [2.75, 3.05) is 30.6 Å². The summed E-state index contributed by atoms with van der Waals surface area (Å²) in [6.07, 6.45) is 6.24. The molecule has 1 aromatic heterocycles. The second kappa shape index (κ2) is 9.21. The van der Waals surface area contributed by atoms with Gasteiger partial charge in [-0.15, -0.1) is 11.6 Å². The fourth-order valence-electron chi connectivity index (χ4n) is 5.57. The Bertz CT molecular complexity index is 1420. The van der Waals surface area contributed by atoms with Gasteiger partial charge in [-0.25, -0.2) is 13.1 Å². The van der Waals surface area contributed by atoms with Crippen LogP contribution in [0.2, 0.25) is 5.02 Å². The second-order valence-electron chi connectivity index (χ2n) is 9.63. The highest BCUT2D eigenvalue weighted by atomic mass is 35.5. The molecule has 3 fully saturated rings. The predicted octanol–water partition coefficient (Wildman–Crippen LogP) is 4.90. The van der Waals surface area contributed by atoms with Crippen molar-refractivity contribution in [1.29, 1.82) is 5.26 Å². The highest BCUT2D eigenvalue weighted by molar-refractivity contribution is 7.88. The van der Waals surface area contributed by atoms with Crippen molar-refractivity contribution in [3.63, 3.8) is 0 Å². The average Bonchev–Trinajstić information content (AvgIpc) is 3.46. The highest BCUT2D eigenvalue weighted by Crippen LogP contribution is 2.59. The first-order valence-corrected chi connectivity index (χ1v) is 14.3. The van der Waals surface area contributed by atoms with E-state index in [2.05, 4.69) is 34.3 Å². The number of rotatable bonds is 9. The summed E-state index contributed by atoms with van der Waals surface area (Å²) in [6.45, 7) is 0.792. The van der Waals surface area contributed by atoms with Gasteiger partial charge in [-0.1, -0.05) is 11.6 Å².